The molecule has 0 heterocycles. The van der Waals surface area contributed by atoms with Gasteiger partial charge in [-0.05, 0) is 36.0 Å². The summed E-state index contributed by atoms with van der Waals surface area (Å²) in [5.41, 5.74) is 4.38. The van der Waals surface area contributed by atoms with Crippen molar-refractivity contribution in [1.82, 2.24) is 0 Å². The van der Waals surface area contributed by atoms with Crippen LogP contribution in [0.4, 0.5) is 0 Å². The fraction of sp³-hybridized carbons (Fsp3) is 0.462. The second-order valence-corrected chi connectivity index (χ2v) is 3.42. The molecular weight excluding hydrogens is 156 g/mol. The van der Waals surface area contributed by atoms with Crippen LogP contribution in [0.15, 0.2) is 18.2 Å². The molecule has 1 aromatic rings. The Kier molecular flexibility index (Phi) is 4.01. The summed E-state index contributed by atoms with van der Waals surface area (Å²) >= 11 is 0. The molecule has 0 spiro atoms. The van der Waals surface area contributed by atoms with Crippen molar-refractivity contribution in [2.75, 3.05) is 0 Å². The average Bonchev–Trinajstić information content (AvgIpc) is 2.18. The predicted molar refractivity (Wildman–Crippen MR) is 58.9 cm³/mol. The molecule has 0 unspecified atom stereocenters. The zero-order valence-corrected chi connectivity index (χ0v) is 8.93. The van der Waals surface area contributed by atoms with Crippen molar-refractivity contribution in [2.45, 2.75) is 40.0 Å². The van der Waals surface area contributed by atoms with Crippen LogP contribution in [0.25, 0.3) is 0 Å². The van der Waals surface area contributed by atoms with Crippen molar-refractivity contribution >= 4 is 0 Å². The van der Waals surface area contributed by atoms with Gasteiger partial charge in [0.25, 0.3) is 0 Å². The van der Waals surface area contributed by atoms with E-state index in [2.05, 4.69) is 45.4 Å². The first-order valence-corrected chi connectivity index (χ1v) is 5.23. The summed E-state index contributed by atoms with van der Waals surface area (Å²) in [4.78, 5) is 0. The van der Waals surface area contributed by atoms with Gasteiger partial charge in [-0.15, -0.1) is 0 Å². The summed E-state index contributed by atoms with van der Waals surface area (Å²) in [5, 5.41) is 0. The molecule has 0 amide bonds. The van der Waals surface area contributed by atoms with Gasteiger partial charge in [0.2, 0.25) is 0 Å². The lowest BCUT2D eigenvalue weighted by Crippen LogP contribution is -1.93. The van der Waals surface area contributed by atoms with Gasteiger partial charge < -0.3 is 0 Å². The summed E-state index contributed by atoms with van der Waals surface area (Å²) in [5.74, 6) is 0. The molecule has 0 bridgehead atoms. The average molecular weight is 175 g/mol. The topological polar surface area (TPSA) is 0 Å². The van der Waals surface area contributed by atoms with Gasteiger partial charge in [-0.25, -0.2) is 0 Å². The fourth-order valence-electron chi connectivity index (χ4n) is 1.67. The molecule has 1 rings (SSSR count). The number of hydrogen-bond donors (Lipinski definition) is 0. The summed E-state index contributed by atoms with van der Waals surface area (Å²) in [7, 11) is 0. The standard InChI is InChI=1S/C13H19/c1-4-7-13-10-11(5-2)8-9-12(13)6-3/h5,8-10H,4,6-7H2,1-3H3. The Balaban J connectivity index is 2.95. The van der Waals surface area contributed by atoms with E-state index >= 15 is 0 Å². The molecule has 0 aliphatic rings. The minimum absolute atomic E-state index is 1.15. The molecule has 1 aromatic carbocycles. The molecule has 0 heteroatoms. The van der Waals surface area contributed by atoms with Crippen LogP contribution in [0.5, 0.6) is 0 Å². The van der Waals surface area contributed by atoms with Crippen molar-refractivity contribution in [3.63, 3.8) is 0 Å². The first-order valence-electron chi connectivity index (χ1n) is 5.23. The normalized spacial score (nSPS) is 10.4. The third-order valence-electron chi connectivity index (χ3n) is 2.46. The zero-order chi connectivity index (χ0) is 9.68. The van der Waals surface area contributed by atoms with Gasteiger partial charge >= 0.3 is 0 Å². The highest BCUT2D eigenvalue weighted by Crippen LogP contribution is 2.15. The van der Waals surface area contributed by atoms with E-state index in [0.717, 1.165) is 6.42 Å². The summed E-state index contributed by atoms with van der Waals surface area (Å²) < 4.78 is 0. The molecule has 0 fully saturated rings. The summed E-state index contributed by atoms with van der Waals surface area (Å²) in [6, 6.07) is 6.79. The lowest BCUT2D eigenvalue weighted by molar-refractivity contribution is 0.897. The van der Waals surface area contributed by atoms with E-state index in [1.165, 1.54) is 29.5 Å². The van der Waals surface area contributed by atoms with E-state index in [1.807, 2.05) is 0 Å². The van der Waals surface area contributed by atoms with Crippen LogP contribution in [0, 0.1) is 6.42 Å². The van der Waals surface area contributed by atoms with Crippen LogP contribution in [0.2, 0.25) is 0 Å². The van der Waals surface area contributed by atoms with Gasteiger partial charge in [0.05, 0.1) is 0 Å². The van der Waals surface area contributed by atoms with Crippen molar-refractivity contribution in [3.8, 4) is 0 Å². The van der Waals surface area contributed by atoms with E-state index in [-0.39, 0.29) is 0 Å². The Hall–Kier alpha value is -0.780. The highest BCUT2D eigenvalue weighted by atomic mass is 14.1. The molecule has 71 valence electrons. The second kappa shape index (κ2) is 5.06. The highest BCUT2D eigenvalue weighted by Gasteiger charge is 2.00. The lowest BCUT2D eigenvalue weighted by atomic mass is 9.98. The molecule has 0 aliphatic carbocycles. The Labute approximate surface area is 82.0 Å². The SMILES string of the molecule is C[CH]c1ccc(CC)c(CCC)c1. The third-order valence-corrected chi connectivity index (χ3v) is 2.46. The maximum Gasteiger partial charge on any atom is -0.0124 e. The number of benzene rings is 1. The van der Waals surface area contributed by atoms with Gasteiger partial charge in [0.1, 0.15) is 0 Å². The Bertz CT molecular complexity index is 261. The zero-order valence-electron chi connectivity index (χ0n) is 8.93. The van der Waals surface area contributed by atoms with E-state index in [1.54, 1.807) is 0 Å². The molecule has 13 heavy (non-hydrogen) atoms. The van der Waals surface area contributed by atoms with E-state index in [0.29, 0.717) is 0 Å². The van der Waals surface area contributed by atoms with Gasteiger partial charge in [0.15, 0.2) is 0 Å². The van der Waals surface area contributed by atoms with Gasteiger partial charge in [0, 0.05) is 0 Å². The van der Waals surface area contributed by atoms with Crippen molar-refractivity contribution in [3.05, 3.63) is 41.3 Å². The quantitative estimate of drug-likeness (QED) is 0.653. The van der Waals surface area contributed by atoms with Crippen LogP contribution in [-0.2, 0) is 12.8 Å². The lowest BCUT2D eigenvalue weighted by Gasteiger charge is -2.08. The van der Waals surface area contributed by atoms with Gasteiger partial charge in [-0.3, -0.25) is 0 Å². The molecule has 0 saturated heterocycles. The smallest absolute Gasteiger partial charge is 0.0124 e. The van der Waals surface area contributed by atoms with Crippen LogP contribution < -0.4 is 0 Å². The van der Waals surface area contributed by atoms with Gasteiger partial charge in [-0.2, -0.15) is 0 Å². The Morgan fingerprint density at radius 1 is 1.15 bits per heavy atom. The van der Waals surface area contributed by atoms with Crippen molar-refractivity contribution < 1.29 is 0 Å². The molecular formula is C13H19. The molecule has 0 atom stereocenters. The molecule has 1 radical (unpaired) electrons. The molecule has 0 N–H and O–H groups in total. The third kappa shape index (κ3) is 2.58. The fourth-order valence-corrected chi connectivity index (χ4v) is 1.67. The van der Waals surface area contributed by atoms with E-state index < -0.39 is 0 Å². The Morgan fingerprint density at radius 3 is 2.46 bits per heavy atom. The van der Waals surface area contributed by atoms with Crippen LogP contribution in [0.3, 0.4) is 0 Å². The van der Waals surface area contributed by atoms with Crippen LogP contribution in [-0.4, -0.2) is 0 Å². The Morgan fingerprint density at radius 2 is 1.92 bits per heavy atom. The van der Waals surface area contributed by atoms with Gasteiger partial charge in [-0.1, -0.05) is 45.4 Å². The molecule has 0 nitrogen and oxygen atoms in total. The predicted octanol–water partition coefficient (Wildman–Crippen LogP) is 3.77. The first-order chi connectivity index (χ1) is 6.31. The summed E-state index contributed by atoms with van der Waals surface area (Å²) in [6.07, 6.45) is 5.77. The van der Waals surface area contributed by atoms with Crippen molar-refractivity contribution in [2.24, 2.45) is 0 Å². The number of hydrogen-bond acceptors (Lipinski definition) is 0. The van der Waals surface area contributed by atoms with E-state index in [9.17, 15) is 0 Å². The highest BCUT2D eigenvalue weighted by molar-refractivity contribution is 5.35. The van der Waals surface area contributed by atoms with E-state index in [4.69, 9.17) is 0 Å². The second-order valence-electron chi connectivity index (χ2n) is 3.42. The van der Waals surface area contributed by atoms with Crippen molar-refractivity contribution in [1.29, 1.82) is 0 Å². The summed E-state index contributed by atoms with van der Waals surface area (Å²) in [6.45, 7) is 6.56. The minimum atomic E-state index is 1.15. The molecule has 0 aromatic heterocycles. The maximum atomic E-state index is 2.32. The first kappa shape index (κ1) is 10.3. The molecule has 0 aliphatic heterocycles. The molecule has 0 saturated carbocycles. The number of aryl methyl sites for hydroxylation is 2. The monoisotopic (exact) mass is 175 g/mol. The largest absolute Gasteiger partial charge is 0.0651 e. The number of rotatable bonds is 4. The minimum Gasteiger partial charge on any atom is -0.0651 e. The van der Waals surface area contributed by atoms with Crippen LogP contribution >= 0.6 is 0 Å². The maximum absolute atomic E-state index is 2.32. The van der Waals surface area contributed by atoms with Crippen LogP contribution in [0.1, 0.15) is 43.9 Å².